The van der Waals surface area contributed by atoms with Gasteiger partial charge in [-0.3, -0.25) is 4.90 Å². The fraction of sp³-hybridized carbons (Fsp3) is 1.00. The summed E-state index contributed by atoms with van der Waals surface area (Å²) in [7, 11) is 2.60. The molecule has 1 N–H and O–H groups in total. The van der Waals surface area contributed by atoms with Crippen LogP contribution in [0.5, 0.6) is 0 Å². The first-order chi connectivity index (χ1) is 9.26. The summed E-state index contributed by atoms with van der Waals surface area (Å²) in [6, 6.07) is 0.848. The summed E-state index contributed by atoms with van der Waals surface area (Å²) in [5, 5.41) is 3.45. The quantitative estimate of drug-likeness (QED) is 0.458. The maximum absolute atomic E-state index is 5.38. The van der Waals surface area contributed by atoms with Crippen LogP contribution in [0, 0.1) is 0 Å². The molecule has 1 aliphatic heterocycles. The van der Waals surface area contributed by atoms with Crippen molar-refractivity contribution < 1.29 is 18.0 Å². The number of ether oxygens (including phenoxy) is 1. The lowest BCUT2D eigenvalue weighted by Crippen LogP contribution is -2.43. The molecule has 0 unspecified atom stereocenters. The van der Waals surface area contributed by atoms with E-state index in [0.29, 0.717) is 0 Å². The number of morpholine rings is 1. The second-order valence-corrected chi connectivity index (χ2v) is 7.69. The molecule has 7 heteroatoms. The van der Waals surface area contributed by atoms with Crippen molar-refractivity contribution in [3.63, 3.8) is 0 Å². The molecule has 0 spiro atoms. The van der Waals surface area contributed by atoms with E-state index in [0.717, 1.165) is 58.4 Å². The van der Waals surface area contributed by atoms with E-state index in [4.69, 9.17) is 18.0 Å². The van der Waals surface area contributed by atoms with Crippen molar-refractivity contribution in [3.8, 4) is 0 Å². The largest absolute Gasteiger partial charge is 0.500 e. The third-order valence-corrected chi connectivity index (χ3v) is 6.31. The number of hydrogen-bond donors (Lipinski definition) is 1. The van der Waals surface area contributed by atoms with Gasteiger partial charge in [-0.2, -0.15) is 0 Å². The summed E-state index contributed by atoms with van der Waals surface area (Å²) >= 11 is 0. The predicted octanol–water partition coefficient (Wildman–Crippen LogP) is 0.176. The van der Waals surface area contributed by atoms with Crippen LogP contribution >= 0.6 is 0 Å². The second kappa shape index (κ2) is 9.81. The molecule has 0 radical (unpaired) electrons. The molecule has 0 aromatic heterocycles. The van der Waals surface area contributed by atoms with E-state index in [9.17, 15) is 0 Å². The molecule has 1 rings (SSSR count). The summed E-state index contributed by atoms with van der Waals surface area (Å²) < 4.78 is 21.5. The number of nitrogens with zero attached hydrogens (tertiary/aromatic N) is 1. The van der Waals surface area contributed by atoms with E-state index in [1.165, 1.54) is 0 Å². The summed E-state index contributed by atoms with van der Waals surface area (Å²) in [5.74, 6) is 0. The van der Waals surface area contributed by atoms with Crippen LogP contribution in [0.4, 0.5) is 0 Å². The van der Waals surface area contributed by atoms with Gasteiger partial charge >= 0.3 is 8.80 Å². The minimum absolute atomic E-state index is 0.848. The molecule has 1 saturated heterocycles. The molecule has 0 aromatic carbocycles. The first-order valence-electron chi connectivity index (χ1n) is 6.92. The van der Waals surface area contributed by atoms with Gasteiger partial charge in [0.05, 0.1) is 13.2 Å². The predicted molar refractivity (Wildman–Crippen MR) is 76.3 cm³/mol. The minimum atomic E-state index is -2.38. The number of hydrogen-bond acceptors (Lipinski definition) is 6. The Kier molecular flexibility index (Phi) is 8.80. The Hall–Kier alpha value is -0.0231. The van der Waals surface area contributed by atoms with Crippen LogP contribution in [-0.2, 0) is 18.0 Å². The molecule has 1 heterocycles. The van der Waals surface area contributed by atoms with Gasteiger partial charge < -0.3 is 23.3 Å². The van der Waals surface area contributed by atoms with E-state index >= 15 is 0 Å². The van der Waals surface area contributed by atoms with Gasteiger partial charge in [-0.1, -0.05) is 0 Å². The molecular weight excluding hydrogens is 264 g/mol. The zero-order chi connectivity index (χ0) is 14.0. The van der Waals surface area contributed by atoms with E-state index in [1.807, 2.05) is 0 Å². The first kappa shape index (κ1) is 17.0. The zero-order valence-electron chi connectivity index (χ0n) is 12.4. The van der Waals surface area contributed by atoms with Crippen molar-refractivity contribution in [2.45, 2.75) is 12.5 Å². The van der Waals surface area contributed by atoms with Gasteiger partial charge in [0.15, 0.2) is 0 Å². The fourth-order valence-corrected chi connectivity index (χ4v) is 3.90. The van der Waals surface area contributed by atoms with Gasteiger partial charge in [-0.25, -0.2) is 0 Å². The molecule has 0 saturated carbocycles. The van der Waals surface area contributed by atoms with Crippen molar-refractivity contribution in [3.05, 3.63) is 0 Å². The molecule has 114 valence electrons. The van der Waals surface area contributed by atoms with Crippen LogP contribution in [0.15, 0.2) is 0 Å². The smallest absolute Gasteiger partial charge is 0.379 e. The lowest BCUT2D eigenvalue weighted by molar-refractivity contribution is 0.0384. The molecule has 19 heavy (non-hydrogen) atoms. The van der Waals surface area contributed by atoms with E-state index in [2.05, 4.69) is 10.2 Å². The van der Waals surface area contributed by atoms with Gasteiger partial charge in [0.1, 0.15) is 0 Å². The molecule has 1 fully saturated rings. The van der Waals surface area contributed by atoms with Gasteiger partial charge in [0.25, 0.3) is 0 Å². The van der Waals surface area contributed by atoms with Gasteiger partial charge in [0.2, 0.25) is 0 Å². The van der Waals surface area contributed by atoms with Crippen LogP contribution < -0.4 is 5.32 Å². The maximum atomic E-state index is 5.38. The Balaban J connectivity index is 2.01. The van der Waals surface area contributed by atoms with Gasteiger partial charge in [0, 0.05) is 53.6 Å². The van der Waals surface area contributed by atoms with Crippen molar-refractivity contribution >= 4 is 8.80 Å². The molecule has 0 amide bonds. The Bertz CT molecular complexity index is 216. The summed E-state index contributed by atoms with van der Waals surface area (Å²) in [5.41, 5.74) is 0. The average molecular weight is 292 g/mol. The van der Waals surface area contributed by atoms with E-state index < -0.39 is 8.80 Å². The molecule has 0 aliphatic carbocycles. The lowest BCUT2D eigenvalue weighted by atomic mass is 10.4. The molecule has 1 aliphatic rings. The average Bonchev–Trinajstić information content (AvgIpc) is 2.48. The Morgan fingerprint density at radius 1 is 1.05 bits per heavy atom. The highest BCUT2D eigenvalue weighted by Gasteiger charge is 2.36. The van der Waals surface area contributed by atoms with Crippen molar-refractivity contribution in [1.29, 1.82) is 0 Å². The zero-order valence-corrected chi connectivity index (χ0v) is 13.4. The second-order valence-electron chi connectivity index (χ2n) is 4.60. The number of rotatable bonds is 10. The van der Waals surface area contributed by atoms with Gasteiger partial charge in [-0.15, -0.1) is 0 Å². The highest BCUT2D eigenvalue weighted by atomic mass is 28.4. The standard InChI is InChI=1S/C12H28N2O4Si/c1-15-19(16-2,17-3)12-4-5-13-6-7-14-8-10-18-11-9-14/h13H,4-12H2,1-3H3. The van der Waals surface area contributed by atoms with Crippen LogP contribution in [-0.4, -0.2) is 81.0 Å². The molecule has 0 aromatic rings. The minimum Gasteiger partial charge on any atom is -0.379 e. The number of nitrogens with one attached hydrogen (secondary N) is 1. The SMILES string of the molecule is CO[Si](CCCNCCN1CCOCC1)(OC)OC. The normalized spacial score (nSPS) is 17.8. The first-order valence-corrected chi connectivity index (χ1v) is 8.86. The Morgan fingerprint density at radius 2 is 1.68 bits per heavy atom. The monoisotopic (exact) mass is 292 g/mol. The maximum Gasteiger partial charge on any atom is 0.500 e. The molecule has 0 bridgehead atoms. The third-order valence-electron chi connectivity index (χ3n) is 3.48. The molecular formula is C12H28N2O4Si. The van der Waals surface area contributed by atoms with E-state index in [1.54, 1.807) is 21.3 Å². The van der Waals surface area contributed by atoms with Crippen LogP contribution in [0.1, 0.15) is 6.42 Å². The van der Waals surface area contributed by atoms with Gasteiger partial charge in [-0.05, 0) is 13.0 Å². The van der Waals surface area contributed by atoms with Crippen LogP contribution in [0.2, 0.25) is 6.04 Å². The highest BCUT2D eigenvalue weighted by molar-refractivity contribution is 6.60. The third kappa shape index (κ3) is 6.31. The van der Waals surface area contributed by atoms with Crippen LogP contribution in [0.25, 0.3) is 0 Å². The fourth-order valence-electron chi connectivity index (χ4n) is 2.17. The summed E-state index contributed by atoms with van der Waals surface area (Å²) in [6.45, 7) is 6.90. The highest BCUT2D eigenvalue weighted by Crippen LogP contribution is 2.14. The Morgan fingerprint density at radius 3 is 2.26 bits per heavy atom. The van der Waals surface area contributed by atoms with Crippen molar-refractivity contribution in [2.75, 3.05) is 67.3 Å². The topological polar surface area (TPSA) is 52.2 Å². The summed E-state index contributed by atoms with van der Waals surface area (Å²) in [6.07, 6.45) is 1.00. The molecule has 6 nitrogen and oxygen atoms in total. The van der Waals surface area contributed by atoms with Crippen molar-refractivity contribution in [1.82, 2.24) is 10.2 Å². The summed E-state index contributed by atoms with van der Waals surface area (Å²) in [4.78, 5) is 2.43. The van der Waals surface area contributed by atoms with Crippen molar-refractivity contribution in [2.24, 2.45) is 0 Å². The van der Waals surface area contributed by atoms with Crippen LogP contribution in [0.3, 0.4) is 0 Å². The Labute approximate surface area is 117 Å². The molecule has 0 atom stereocenters. The lowest BCUT2D eigenvalue weighted by Gasteiger charge is -2.26. The van der Waals surface area contributed by atoms with E-state index in [-0.39, 0.29) is 0 Å².